The number of carbonyl (C=O) groups excluding carboxylic acids is 3. The van der Waals surface area contributed by atoms with Gasteiger partial charge in [-0.1, -0.05) is 24.3 Å². The highest BCUT2D eigenvalue weighted by Gasteiger charge is 2.53. The first-order valence-electron chi connectivity index (χ1n) is 11.9. The molecule has 1 spiro atoms. The quantitative estimate of drug-likeness (QED) is 0.618. The molecule has 9 nitrogen and oxygen atoms in total. The van der Waals surface area contributed by atoms with Crippen molar-refractivity contribution in [3.05, 3.63) is 59.7 Å². The molecule has 2 aromatic carbocycles. The molecular weight excluding hydrogens is 468 g/mol. The number of carbonyl (C=O) groups is 3. The Hall–Kier alpha value is -3.24. The van der Waals surface area contributed by atoms with Gasteiger partial charge in [-0.15, -0.1) is 0 Å². The van der Waals surface area contributed by atoms with Crippen LogP contribution in [0.25, 0.3) is 0 Å². The number of benzene rings is 2. The summed E-state index contributed by atoms with van der Waals surface area (Å²) in [6.07, 6.45) is 4.73. The van der Waals surface area contributed by atoms with E-state index < -0.39 is 40.0 Å². The summed E-state index contributed by atoms with van der Waals surface area (Å²) in [6.45, 7) is 0.597. The maximum Gasteiger partial charge on any atom is 0.325 e. The predicted molar refractivity (Wildman–Crippen MR) is 129 cm³/mol. The Bertz CT molecular complexity index is 1270. The number of nitrogens with zero attached hydrogens (tertiary/aromatic N) is 2. The zero-order valence-electron chi connectivity index (χ0n) is 19.3. The number of hydrogen-bond acceptors (Lipinski definition) is 5. The summed E-state index contributed by atoms with van der Waals surface area (Å²) in [6, 6.07) is 13.0. The number of fused-ring (bicyclic) bond motifs is 2. The number of rotatable bonds is 5. The van der Waals surface area contributed by atoms with Crippen molar-refractivity contribution in [2.75, 3.05) is 25.0 Å². The van der Waals surface area contributed by atoms with Crippen molar-refractivity contribution in [2.24, 2.45) is 0 Å². The van der Waals surface area contributed by atoms with Crippen molar-refractivity contribution in [1.29, 1.82) is 0 Å². The fourth-order valence-electron chi connectivity index (χ4n) is 5.25. The number of hydrogen-bond donors (Lipinski definition) is 2. The summed E-state index contributed by atoms with van der Waals surface area (Å²) in [5, 5.41) is 5.53. The summed E-state index contributed by atoms with van der Waals surface area (Å²) in [7, 11) is -3.55. The van der Waals surface area contributed by atoms with Crippen LogP contribution in [0.4, 0.5) is 10.5 Å². The van der Waals surface area contributed by atoms with Gasteiger partial charge in [0.15, 0.2) is 0 Å². The Labute approximate surface area is 204 Å². The van der Waals surface area contributed by atoms with E-state index in [1.54, 1.807) is 0 Å². The highest BCUT2D eigenvalue weighted by molar-refractivity contribution is 7.89. The number of amides is 4. The largest absolute Gasteiger partial charge is 0.325 e. The van der Waals surface area contributed by atoms with E-state index >= 15 is 0 Å². The third kappa shape index (κ3) is 4.21. The molecule has 2 saturated heterocycles. The molecule has 2 fully saturated rings. The van der Waals surface area contributed by atoms with Gasteiger partial charge in [-0.3, -0.25) is 14.5 Å². The summed E-state index contributed by atoms with van der Waals surface area (Å²) in [5.74, 6) is -0.957. The summed E-state index contributed by atoms with van der Waals surface area (Å²) >= 11 is 0. The van der Waals surface area contributed by atoms with Crippen molar-refractivity contribution < 1.29 is 22.8 Å². The topological polar surface area (TPSA) is 116 Å². The Morgan fingerprint density at radius 2 is 1.69 bits per heavy atom. The Morgan fingerprint density at radius 3 is 2.43 bits per heavy atom. The molecule has 5 rings (SSSR count). The molecule has 2 aromatic rings. The maximum absolute atomic E-state index is 13.5. The molecule has 0 bridgehead atoms. The standard InChI is InChI=1S/C25H28N4O5S/c30-22(26-19-10-12-20(13-11-19)35(33,34)28-15-5-6-16-28)17-29-23(31)25(27-24(29)32)14-4-3-8-18-7-1-2-9-21(18)25/h1-2,7,9-13H,3-6,8,14-17H2,(H,26,30)(H,27,32). The molecule has 35 heavy (non-hydrogen) atoms. The fraction of sp³-hybridized carbons (Fsp3) is 0.400. The molecule has 1 atom stereocenters. The van der Waals surface area contributed by atoms with Gasteiger partial charge < -0.3 is 10.6 Å². The molecule has 184 valence electrons. The van der Waals surface area contributed by atoms with Crippen LogP contribution in [0.3, 0.4) is 0 Å². The van der Waals surface area contributed by atoms with E-state index in [0.29, 0.717) is 25.2 Å². The number of imide groups is 1. The van der Waals surface area contributed by atoms with Gasteiger partial charge in [0.1, 0.15) is 12.1 Å². The van der Waals surface area contributed by atoms with Crippen molar-refractivity contribution in [1.82, 2.24) is 14.5 Å². The van der Waals surface area contributed by atoms with Crippen molar-refractivity contribution in [3.8, 4) is 0 Å². The van der Waals surface area contributed by atoms with Gasteiger partial charge in [-0.25, -0.2) is 13.2 Å². The maximum atomic E-state index is 13.5. The SMILES string of the molecule is O=C(CN1C(=O)NC2(CCCCc3ccccc32)C1=O)Nc1ccc(S(=O)(=O)N2CCCC2)cc1. The number of nitrogens with one attached hydrogen (secondary N) is 2. The first kappa shape index (κ1) is 23.5. The minimum atomic E-state index is -3.55. The van der Waals surface area contributed by atoms with Crippen molar-refractivity contribution in [3.63, 3.8) is 0 Å². The van der Waals surface area contributed by atoms with Crippen LogP contribution in [0, 0.1) is 0 Å². The number of urea groups is 1. The minimum Gasteiger partial charge on any atom is -0.325 e. The summed E-state index contributed by atoms with van der Waals surface area (Å²) in [5.41, 5.74) is 1.08. The molecule has 2 N–H and O–H groups in total. The van der Waals surface area contributed by atoms with Crippen LogP contribution in [0.15, 0.2) is 53.4 Å². The third-order valence-corrected chi connectivity index (χ3v) is 8.96. The van der Waals surface area contributed by atoms with Gasteiger partial charge in [-0.2, -0.15) is 4.31 Å². The van der Waals surface area contributed by atoms with Crippen molar-refractivity contribution >= 4 is 33.6 Å². The summed E-state index contributed by atoms with van der Waals surface area (Å²) in [4.78, 5) is 40.1. The van der Waals surface area contributed by atoms with Crippen molar-refractivity contribution in [2.45, 2.75) is 49.0 Å². The van der Waals surface area contributed by atoms with E-state index in [2.05, 4.69) is 10.6 Å². The molecule has 10 heteroatoms. The molecule has 3 aliphatic rings. The second-order valence-corrected chi connectivity index (χ2v) is 11.2. The second kappa shape index (κ2) is 9.09. The smallest absolute Gasteiger partial charge is 0.325 e. The first-order valence-corrected chi connectivity index (χ1v) is 13.4. The average Bonchev–Trinajstić information content (AvgIpc) is 3.42. The first-order chi connectivity index (χ1) is 16.8. The van der Waals surface area contributed by atoms with Crippen LogP contribution in [-0.2, 0) is 31.6 Å². The zero-order valence-corrected chi connectivity index (χ0v) is 20.1. The van der Waals surface area contributed by atoms with E-state index in [1.165, 1.54) is 28.6 Å². The highest BCUT2D eigenvalue weighted by Crippen LogP contribution is 2.39. The molecular formula is C25H28N4O5S. The molecule has 1 aliphatic carbocycles. The Kier molecular flexibility index (Phi) is 6.10. The van der Waals surface area contributed by atoms with Crippen LogP contribution < -0.4 is 10.6 Å². The Balaban J connectivity index is 1.28. The van der Waals surface area contributed by atoms with Gasteiger partial charge in [0.25, 0.3) is 5.91 Å². The van der Waals surface area contributed by atoms with Crippen LogP contribution >= 0.6 is 0 Å². The lowest BCUT2D eigenvalue weighted by Gasteiger charge is -2.27. The van der Waals surface area contributed by atoms with Crippen LogP contribution in [0.5, 0.6) is 0 Å². The van der Waals surface area contributed by atoms with Crippen LogP contribution in [-0.4, -0.2) is 55.1 Å². The van der Waals surface area contributed by atoms with E-state index in [-0.39, 0.29) is 4.90 Å². The lowest BCUT2D eigenvalue weighted by Crippen LogP contribution is -2.44. The Morgan fingerprint density at radius 1 is 0.971 bits per heavy atom. The average molecular weight is 497 g/mol. The van der Waals surface area contributed by atoms with Gasteiger partial charge in [0.2, 0.25) is 15.9 Å². The molecule has 0 saturated carbocycles. The lowest BCUT2D eigenvalue weighted by molar-refractivity contribution is -0.134. The minimum absolute atomic E-state index is 0.167. The van der Waals surface area contributed by atoms with Gasteiger partial charge in [-0.05, 0) is 73.9 Å². The molecule has 0 aromatic heterocycles. The molecule has 2 aliphatic heterocycles. The molecule has 1 unspecified atom stereocenters. The zero-order chi connectivity index (χ0) is 24.6. The molecule has 2 heterocycles. The summed E-state index contributed by atoms with van der Waals surface area (Å²) < 4.78 is 26.8. The van der Waals surface area contributed by atoms with E-state index in [4.69, 9.17) is 0 Å². The van der Waals surface area contributed by atoms with Gasteiger partial charge in [0.05, 0.1) is 4.90 Å². The van der Waals surface area contributed by atoms with Gasteiger partial charge >= 0.3 is 6.03 Å². The van der Waals surface area contributed by atoms with Crippen LogP contribution in [0.1, 0.15) is 43.2 Å². The fourth-order valence-corrected chi connectivity index (χ4v) is 6.77. The van der Waals surface area contributed by atoms with Crippen LogP contribution in [0.2, 0.25) is 0 Å². The number of sulfonamides is 1. The lowest BCUT2D eigenvalue weighted by atomic mass is 9.84. The second-order valence-electron chi connectivity index (χ2n) is 9.27. The monoisotopic (exact) mass is 496 g/mol. The molecule has 0 radical (unpaired) electrons. The van der Waals surface area contributed by atoms with E-state index in [0.717, 1.165) is 48.1 Å². The van der Waals surface area contributed by atoms with E-state index in [9.17, 15) is 22.8 Å². The predicted octanol–water partition coefficient (Wildman–Crippen LogP) is 2.58. The highest BCUT2D eigenvalue weighted by atomic mass is 32.2. The number of anilines is 1. The third-order valence-electron chi connectivity index (χ3n) is 7.04. The normalized spacial score (nSPS) is 22.7. The van der Waals surface area contributed by atoms with E-state index in [1.807, 2.05) is 24.3 Å². The number of aryl methyl sites for hydroxylation is 1. The van der Waals surface area contributed by atoms with Gasteiger partial charge in [0, 0.05) is 18.8 Å². The molecule has 4 amide bonds.